The summed E-state index contributed by atoms with van der Waals surface area (Å²) in [7, 11) is 1.78. The molecule has 0 aliphatic heterocycles. The Balaban J connectivity index is 2.96. The monoisotopic (exact) mass is 276 g/mol. The maximum atomic E-state index is 12.4. The average molecular weight is 276 g/mol. The highest BCUT2D eigenvalue weighted by Crippen LogP contribution is 2.24. The fraction of sp³-hybridized carbons (Fsp3) is 0.467. The van der Waals surface area contributed by atoms with E-state index in [4.69, 9.17) is 5.41 Å². The van der Waals surface area contributed by atoms with Gasteiger partial charge in [0.15, 0.2) is 5.96 Å². The molecule has 5 nitrogen and oxygen atoms in total. The number of urea groups is 1. The topological polar surface area (TPSA) is 59.4 Å². The number of para-hydroxylation sites is 1. The summed E-state index contributed by atoms with van der Waals surface area (Å²) in [5.74, 6) is 0.113. The fourth-order valence-electron chi connectivity index (χ4n) is 2.06. The second-order valence-corrected chi connectivity index (χ2v) is 4.78. The van der Waals surface area contributed by atoms with Crippen molar-refractivity contribution in [3.63, 3.8) is 0 Å². The first-order valence-electron chi connectivity index (χ1n) is 6.86. The first-order valence-corrected chi connectivity index (χ1v) is 6.86. The number of anilines is 1. The van der Waals surface area contributed by atoms with Crippen LogP contribution in [0.1, 0.15) is 25.0 Å². The molecule has 5 heteroatoms. The number of hydrogen-bond donors (Lipinski definition) is 2. The van der Waals surface area contributed by atoms with Crippen LogP contribution in [0.15, 0.2) is 18.2 Å². The van der Waals surface area contributed by atoms with Crippen LogP contribution in [0.5, 0.6) is 0 Å². The standard InChI is InChI=1S/C15H24N4O/c1-6-18(5)14(16)17-15(20)19(7-2)13-11(3)9-8-10-12(13)4/h8-10H,6-7H2,1-5H3,(H2,16,17,20). The van der Waals surface area contributed by atoms with Gasteiger partial charge in [0.1, 0.15) is 0 Å². The molecule has 2 N–H and O–H groups in total. The van der Waals surface area contributed by atoms with Crippen molar-refractivity contribution < 1.29 is 4.79 Å². The van der Waals surface area contributed by atoms with E-state index in [1.807, 2.05) is 45.9 Å². The van der Waals surface area contributed by atoms with Crippen molar-refractivity contribution in [3.8, 4) is 0 Å². The number of carbonyl (C=O) groups is 1. The van der Waals surface area contributed by atoms with Crippen molar-refractivity contribution in [2.45, 2.75) is 27.7 Å². The summed E-state index contributed by atoms with van der Waals surface area (Å²) < 4.78 is 0. The van der Waals surface area contributed by atoms with Gasteiger partial charge in [-0.3, -0.25) is 15.6 Å². The summed E-state index contributed by atoms with van der Waals surface area (Å²) in [5.41, 5.74) is 3.02. The van der Waals surface area contributed by atoms with Crippen molar-refractivity contribution in [3.05, 3.63) is 29.3 Å². The van der Waals surface area contributed by atoms with E-state index in [-0.39, 0.29) is 12.0 Å². The van der Waals surface area contributed by atoms with E-state index < -0.39 is 0 Å². The minimum Gasteiger partial charge on any atom is -0.346 e. The van der Waals surface area contributed by atoms with Crippen LogP contribution in [0.3, 0.4) is 0 Å². The Morgan fingerprint density at radius 3 is 2.20 bits per heavy atom. The predicted molar refractivity (Wildman–Crippen MR) is 83.5 cm³/mol. The highest BCUT2D eigenvalue weighted by molar-refractivity contribution is 6.03. The first-order chi connectivity index (χ1) is 9.42. The molecule has 0 heterocycles. The summed E-state index contributed by atoms with van der Waals surface area (Å²) in [6.07, 6.45) is 0. The van der Waals surface area contributed by atoms with E-state index in [9.17, 15) is 4.79 Å². The lowest BCUT2D eigenvalue weighted by molar-refractivity contribution is 0.249. The van der Waals surface area contributed by atoms with E-state index >= 15 is 0 Å². The summed E-state index contributed by atoms with van der Waals surface area (Å²) in [4.78, 5) is 15.7. The number of benzene rings is 1. The van der Waals surface area contributed by atoms with E-state index in [0.29, 0.717) is 13.1 Å². The van der Waals surface area contributed by atoms with Gasteiger partial charge in [-0.05, 0) is 38.8 Å². The van der Waals surface area contributed by atoms with Crippen LogP contribution in [-0.2, 0) is 0 Å². The van der Waals surface area contributed by atoms with Gasteiger partial charge in [0.25, 0.3) is 0 Å². The molecule has 0 bridgehead atoms. The minimum absolute atomic E-state index is 0.113. The highest BCUT2D eigenvalue weighted by Gasteiger charge is 2.19. The van der Waals surface area contributed by atoms with Crippen LogP contribution in [-0.4, -0.2) is 37.0 Å². The van der Waals surface area contributed by atoms with Crippen molar-refractivity contribution in [2.75, 3.05) is 25.0 Å². The number of hydrogen-bond acceptors (Lipinski definition) is 2. The summed E-state index contributed by atoms with van der Waals surface area (Å²) >= 11 is 0. The number of nitrogens with zero attached hydrogens (tertiary/aromatic N) is 2. The molecule has 0 atom stereocenters. The van der Waals surface area contributed by atoms with E-state index in [1.54, 1.807) is 16.8 Å². The van der Waals surface area contributed by atoms with E-state index in [1.165, 1.54) is 0 Å². The van der Waals surface area contributed by atoms with Gasteiger partial charge >= 0.3 is 6.03 Å². The molecule has 0 fully saturated rings. The lowest BCUT2D eigenvalue weighted by atomic mass is 10.1. The molecule has 1 aromatic rings. The van der Waals surface area contributed by atoms with Gasteiger partial charge in [0.05, 0.1) is 5.69 Å². The third kappa shape index (κ3) is 3.50. The van der Waals surface area contributed by atoms with Crippen LogP contribution >= 0.6 is 0 Å². The quantitative estimate of drug-likeness (QED) is 0.658. The van der Waals surface area contributed by atoms with Gasteiger partial charge in [-0.25, -0.2) is 4.79 Å². The molecule has 20 heavy (non-hydrogen) atoms. The van der Waals surface area contributed by atoms with Crippen molar-refractivity contribution in [1.82, 2.24) is 10.2 Å². The number of amides is 2. The Labute approximate surface area is 121 Å². The largest absolute Gasteiger partial charge is 0.346 e. The molecule has 0 aliphatic carbocycles. The maximum absolute atomic E-state index is 12.4. The smallest absolute Gasteiger partial charge is 0.328 e. The number of rotatable bonds is 3. The zero-order valence-electron chi connectivity index (χ0n) is 12.9. The zero-order valence-corrected chi connectivity index (χ0v) is 12.9. The molecule has 0 aromatic heterocycles. The van der Waals surface area contributed by atoms with Gasteiger partial charge in [-0.2, -0.15) is 0 Å². The van der Waals surface area contributed by atoms with Gasteiger partial charge in [-0.15, -0.1) is 0 Å². The summed E-state index contributed by atoms with van der Waals surface area (Å²) in [6, 6.07) is 5.69. The van der Waals surface area contributed by atoms with Gasteiger partial charge < -0.3 is 4.90 Å². The Kier molecular flexibility index (Phi) is 5.55. The summed E-state index contributed by atoms with van der Waals surface area (Å²) in [6.45, 7) is 9.07. The molecular weight excluding hydrogens is 252 g/mol. The second-order valence-electron chi connectivity index (χ2n) is 4.78. The Morgan fingerprint density at radius 2 is 1.75 bits per heavy atom. The van der Waals surface area contributed by atoms with Crippen LogP contribution < -0.4 is 10.2 Å². The lowest BCUT2D eigenvalue weighted by Gasteiger charge is -2.27. The molecule has 110 valence electrons. The Hall–Kier alpha value is -2.04. The summed E-state index contributed by atoms with van der Waals surface area (Å²) in [5, 5.41) is 10.5. The number of guanidine groups is 1. The molecule has 1 aromatic carbocycles. The van der Waals surface area contributed by atoms with Gasteiger partial charge in [0.2, 0.25) is 0 Å². The van der Waals surface area contributed by atoms with Crippen molar-refractivity contribution in [2.24, 2.45) is 0 Å². The molecule has 0 saturated heterocycles. The molecule has 0 aliphatic rings. The van der Waals surface area contributed by atoms with Crippen molar-refractivity contribution in [1.29, 1.82) is 5.41 Å². The normalized spacial score (nSPS) is 10.1. The first kappa shape index (κ1) is 16.0. The zero-order chi connectivity index (χ0) is 15.3. The number of aryl methyl sites for hydroxylation is 2. The fourth-order valence-corrected chi connectivity index (χ4v) is 2.06. The molecule has 2 amide bonds. The van der Waals surface area contributed by atoms with Crippen LogP contribution in [0, 0.1) is 19.3 Å². The molecule has 0 spiro atoms. The van der Waals surface area contributed by atoms with Crippen LogP contribution in [0.4, 0.5) is 10.5 Å². The molecule has 0 unspecified atom stereocenters. The second kappa shape index (κ2) is 6.93. The average Bonchev–Trinajstić information content (AvgIpc) is 2.41. The third-order valence-corrected chi connectivity index (χ3v) is 3.35. The van der Waals surface area contributed by atoms with Crippen molar-refractivity contribution >= 4 is 17.7 Å². The predicted octanol–water partition coefficient (Wildman–Crippen LogP) is 2.73. The maximum Gasteiger partial charge on any atom is 0.328 e. The number of nitrogens with one attached hydrogen (secondary N) is 2. The molecule has 0 saturated carbocycles. The minimum atomic E-state index is -0.268. The molecular formula is C15H24N4O. The Bertz CT molecular complexity index is 478. The van der Waals surface area contributed by atoms with Crippen LogP contribution in [0.2, 0.25) is 0 Å². The van der Waals surface area contributed by atoms with E-state index in [0.717, 1.165) is 16.8 Å². The van der Waals surface area contributed by atoms with E-state index in [2.05, 4.69) is 5.32 Å². The highest BCUT2D eigenvalue weighted by atomic mass is 16.2. The van der Waals surface area contributed by atoms with Gasteiger partial charge in [0, 0.05) is 20.1 Å². The SMILES string of the molecule is CCN(C)C(=N)NC(=O)N(CC)c1c(C)cccc1C. The third-order valence-electron chi connectivity index (χ3n) is 3.35. The number of carbonyl (C=O) groups excluding carboxylic acids is 1. The molecule has 0 radical (unpaired) electrons. The Morgan fingerprint density at radius 1 is 1.20 bits per heavy atom. The lowest BCUT2D eigenvalue weighted by Crippen LogP contribution is -2.48. The van der Waals surface area contributed by atoms with Gasteiger partial charge in [-0.1, -0.05) is 18.2 Å². The van der Waals surface area contributed by atoms with Crippen LogP contribution in [0.25, 0.3) is 0 Å². The molecule has 1 rings (SSSR count).